The first-order valence-electron chi connectivity index (χ1n) is 3.24. The van der Waals surface area contributed by atoms with Gasteiger partial charge in [0.1, 0.15) is 0 Å². The molecule has 1 aromatic rings. The van der Waals surface area contributed by atoms with Gasteiger partial charge in [0.2, 0.25) is 0 Å². The van der Waals surface area contributed by atoms with Gasteiger partial charge in [-0.1, -0.05) is 11.2 Å². The molecule has 0 unspecified atom stereocenters. The zero-order valence-electron chi connectivity index (χ0n) is 6.23. The summed E-state index contributed by atoms with van der Waals surface area (Å²) in [5, 5.41) is 3.42. The molecular weight excluding hydrogens is 140 g/mol. The lowest BCUT2D eigenvalue weighted by Crippen LogP contribution is -1.83. The molecule has 0 atom stereocenters. The van der Waals surface area contributed by atoms with Crippen LogP contribution in [0.1, 0.15) is 11.1 Å². The maximum Gasteiger partial charge on any atom is 0.0526 e. The first kappa shape index (κ1) is 7.57. The molecule has 11 heavy (non-hydrogen) atoms. The van der Waals surface area contributed by atoms with Crippen LogP contribution in [0, 0.1) is 6.92 Å². The Bertz CT molecular complexity index is 288. The predicted octanol–water partition coefficient (Wildman–Crippen LogP) is 2.20. The monoisotopic (exact) mass is 148 g/mol. The van der Waals surface area contributed by atoms with E-state index < -0.39 is 0 Å². The number of rotatable bonds is 2. The molecule has 4 heteroatoms. The number of azide groups is 1. The van der Waals surface area contributed by atoms with Gasteiger partial charge in [-0.05, 0) is 23.6 Å². The van der Waals surface area contributed by atoms with Gasteiger partial charge in [0.15, 0.2) is 0 Å². The van der Waals surface area contributed by atoms with Gasteiger partial charge in [-0.3, -0.25) is 4.98 Å². The van der Waals surface area contributed by atoms with Crippen LogP contribution in [0.4, 0.5) is 0 Å². The van der Waals surface area contributed by atoms with Crippen LogP contribution in [0.25, 0.3) is 10.4 Å². The third kappa shape index (κ3) is 2.27. The number of hydrogen-bond acceptors (Lipinski definition) is 2. The van der Waals surface area contributed by atoms with Crippen molar-refractivity contribution < 1.29 is 0 Å². The van der Waals surface area contributed by atoms with Gasteiger partial charge in [0, 0.05) is 17.3 Å². The molecule has 0 radical (unpaired) electrons. The Hall–Kier alpha value is -1.54. The highest BCUT2D eigenvalue weighted by atomic mass is 15.1. The Morgan fingerprint density at radius 3 is 3.09 bits per heavy atom. The van der Waals surface area contributed by atoms with E-state index in [2.05, 4.69) is 15.0 Å². The average molecular weight is 148 g/mol. The SMILES string of the molecule is Cc1cncc(CN=[N+]=[N-])c1. The zero-order chi connectivity index (χ0) is 8.10. The standard InChI is InChI=1S/C7H8N4/c1-6-2-7(4-9-3-6)5-10-11-8/h2-4H,5H2,1H3. The Morgan fingerprint density at radius 1 is 1.64 bits per heavy atom. The van der Waals surface area contributed by atoms with E-state index >= 15 is 0 Å². The molecule has 0 spiro atoms. The van der Waals surface area contributed by atoms with Crippen LogP contribution in [0.15, 0.2) is 23.6 Å². The minimum atomic E-state index is 0.380. The third-order valence-corrected chi connectivity index (χ3v) is 1.25. The van der Waals surface area contributed by atoms with E-state index in [-0.39, 0.29) is 0 Å². The summed E-state index contributed by atoms with van der Waals surface area (Å²) in [4.78, 5) is 6.61. The fraction of sp³-hybridized carbons (Fsp3) is 0.286. The van der Waals surface area contributed by atoms with E-state index in [9.17, 15) is 0 Å². The van der Waals surface area contributed by atoms with Crippen molar-refractivity contribution in [2.75, 3.05) is 0 Å². The molecule has 1 heterocycles. The summed E-state index contributed by atoms with van der Waals surface area (Å²) in [5.41, 5.74) is 10.1. The predicted molar refractivity (Wildman–Crippen MR) is 41.8 cm³/mol. The first-order chi connectivity index (χ1) is 5.33. The highest BCUT2D eigenvalue weighted by molar-refractivity contribution is 5.16. The molecule has 0 saturated heterocycles. The summed E-state index contributed by atoms with van der Waals surface area (Å²) in [7, 11) is 0. The maximum absolute atomic E-state index is 8.03. The second kappa shape index (κ2) is 3.58. The quantitative estimate of drug-likeness (QED) is 0.360. The van der Waals surface area contributed by atoms with Crippen molar-refractivity contribution in [1.82, 2.24) is 4.98 Å². The van der Waals surface area contributed by atoms with Crippen LogP contribution in [0.3, 0.4) is 0 Å². The van der Waals surface area contributed by atoms with Crippen LogP contribution in [-0.2, 0) is 6.54 Å². The largest absolute Gasteiger partial charge is 0.264 e. The number of aryl methyl sites for hydroxylation is 1. The van der Waals surface area contributed by atoms with Gasteiger partial charge in [0.25, 0.3) is 0 Å². The molecule has 0 saturated carbocycles. The summed E-state index contributed by atoms with van der Waals surface area (Å²) in [6, 6.07) is 1.95. The minimum Gasteiger partial charge on any atom is -0.264 e. The lowest BCUT2D eigenvalue weighted by molar-refractivity contribution is 1.02. The van der Waals surface area contributed by atoms with Gasteiger partial charge >= 0.3 is 0 Å². The lowest BCUT2D eigenvalue weighted by atomic mass is 10.2. The van der Waals surface area contributed by atoms with E-state index in [0.717, 1.165) is 11.1 Å². The second-order valence-electron chi connectivity index (χ2n) is 2.26. The van der Waals surface area contributed by atoms with Gasteiger partial charge in [0.05, 0.1) is 6.54 Å². The number of nitrogens with zero attached hydrogens (tertiary/aromatic N) is 4. The summed E-state index contributed by atoms with van der Waals surface area (Å²) >= 11 is 0. The topological polar surface area (TPSA) is 61.7 Å². The van der Waals surface area contributed by atoms with Crippen LogP contribution in [0.2, 0.25) is 0 Å². The molecule has 1 aromatic heterocycles. The minimum absolute atomic E-state index is 0.380. The summed E-state index contributed by atoms with van der Waals surface area (Å²) in [6.45, 7) is 2.33. The van der Waals surface area contributed by atoms with E-state index in [1.165, 1.54) is 0 Å². The maximum atomic E-state index is 8.03. The number of pyridine rings is 1. The molecule has 0 aliphatic rings. The molecule has 1 rings (SSSR count). The lowest BCUT2D eigenvalue weighted by Gasteiger charge is -1.94. The van der Waals surface area contributed by atoms with E-state index in [0.29, 0.717) is 6.54 Å². The van der Waals surface area contributed by atoms with Crippen LogP contribution < -0.4 is 0 Å². The Labute approximate surface area is 64.5 Å². The van der Waals surface area contributed by atoms with E-state index in [1.54, 1.807) is 12.4 Å². The van der Waals surface area contributed by atoms with Crippen molar-refractivity contribution in [3.63, 3.8) is 0 Å². The van der Waals surface area contributed by atoms with Gasteiger partial charge < -0.3 is 0 Å². The molecule has 0 N–H and O–H groups in total. The highest BCUT2D eigenvalue weighted by Crippen LogP contribution is 2.02. The van der Waals surface area contributed by atoms with Crippen molar-refractivity contribution in [1.29, 1.82) is 0 Å². The molecule has 4 nitrogen and oxygen atoms in total. The molecule has 0 aromatic carbocycles. The molecular formula is C7H8N4. The molecule has 0 aliphatic heterocycles. The average Bonchev–Trinajstić information content (AvgIpc) is 2.01. The molecule has 0 bridgehead atoms. The third-order valence-electron chi connectivity index (χ3n) is 1.25. The van der Waals surface area contributed by atoms with Crippen LogP contribution >= 0.6 is 0 Å². The van der Waals surface area contributed by atoms with Crippen molar-refractivity contribution >= 4 is 0 Å². The number of hydrogen-bond donors (Lipinski definition) is 0. The van der Waals surface area contributed by atoms with Crippen molar-refractivity contribution in [2.45, 2.75) is 13.5 Å². The fourth-order valence-electron chi connectivity index (χ4n) is 0.817. The zero-order valence-corrected chi connectivity index (χ0v) is 6.23. The number of aromatic nitrogens is 1. The summed E-state index contributed by atoms with van der Waals surface area (Å²) in [6.07, 6.45) is 3.46. The summed E-state index contributed by atoms with van der Waals surface area (Å²) < 4.78 is 0. The van der Waals surface area contributed by atoms with Crippen LogP contribution in [-0.4, -0.2) is 4.98 Å². The van der Waals surface area contributed by atoms with E-state index in [1.807, 2.05) is 13.0 Å². The Morgan fingerprint density at radius 2 is 2.45 bits per heavy atom. The van der Waals surface area contributed by atoms with Gasteiger partial charge in [-0.2, -0.15) is 0 Å². The van der Waals surface area contributed by atoms with E-state index in [4.69, 9.17) is 5.53 Å². The fourth-order valence-corrected chi connectivity index (χ4v) is 0.817. The first-order valence-corrected chi connectivity index (χ1v) is 3.24. The van der Waals surface area contributed by atoms with Gasteiger partial charge in [-0.15, -0.1) is 0 Å². The normalized spacial score (nSPS) is 8.82. The highest BCUT2D eigenvalue weighted by Gasteiger charge is 1.89. The van der Waals surface area contributed by atoms with Crippen molar-refractivity contribution in [2.24, 2.45) is 5.11 Å². The molecule has 56 valence electrons. The van der Waals surface area contributed by atoms with Crippen molar-refractivity contribution in [3.05, 3.63) is 40.0 Å². The molecule has 0 aliphatic carbocycles. The molecule has 0 amide bonds. The Kier molecular flexibility index (Phi) is 2.47. The van der Waals surface area contributed by atoms with Crippen molar-refractivity contribution in [3.8, 4) is 0 Å². The second-order valence-corrected chi connectivity index (χ2v) is 2.26. The van der Waals surface area contributed by atoms with Crippen LogP contribution in [0.5, 0.6) is 0 Å². The smallest absolute Gasteiger partial charge is 0.0526 e. The Balaban J connectivity index is 2.79. The molecule has 0 fully saturated rings. The van der Waals surface area contributed by atoms with Gasteiger partial charge in [-0.25, -0.2) is 0 Å². The summed E-state index contributed by atoms with van der Waals surface area (Å²) in [5.74, 6) is 0.